The average molecular weight is 262 g/mol. The molecule has 0 unspecified atom stereocenters. The molecular weight excluding hydrogens is 245 g/mol. The topological polar surface area (TPSA) is 41.1 Å². The van der Waals surface area contributed by atoms with Gasteiger partial charge in [0.1, 0.15) is 12.4 Å². The zero-order chi connectivity index (χ0) is 13.6. The van der Waals surface area contributed by atoms with Crippen LogP contribution in [0.25, 0.3) is 0 Å². The molecule has 102 valence electrons. The van der Waals surface area contributed by atoms with Gasteiger partial charge in [-0.15, -0.1) is 0 Å². The lowest BCUT2D eigenvalue weighted by Gasteiger charge is -2.19. The van der Waals surface area contributed by atoms with Crippen molar-refractivity contribution < 1.29 is 13.2 Å². The van der Waals surface area contributed by atoms with Crippen molar-refractivity contribution in [2.45, 2.75) is 26.1 Å². The lowest BCUT2D eigenvalue weighted by atomic mass is 10.4. The summed E-state index contributed by atoms with van der Waals surface area (Å²) >= 11 is 0. The third-order valence-corrected chi connectivity index (χ3v) is 2.23. The van der Waals surface area contributed by atoms with Crippen molar-refractivity contribution in [2.24, 2.45) is 0 Å². The minimum absolute atomic E-state index is 0.214. The highest BCUT2D eigenvalue weighted by atomic mass is 19.4. The SMILES string of the molecule is CCCNCc1cnc(N(C)CC(F)(F)F)cn1. The molecule has 0 fully saturated rings. The normalized spacial score (nSPS) is 11.6. The number of nitrogens with zero attached hydrogens (tertiary/aromatic N) is 3. The number of anilines is 1. The van der Waals surface area contributed by atoms with Crippen LogP contribution in [0.1, 0.15) is 19.0 Å². The van der Waals surface area contributed by atoms with Crippen LogP contribution in [0.15, 0.2) is 12.4 Å². The van der Waals surface area contributed by atoms with Crippen molar-refractivity contribution in [1.29, 1.82) is 0 Å². The van der Waals surface area contributed by atoms with Gasteiger partial charge in [0.15, 0.2) is 0 Å². The Hall–Kier alpha value is -1.37. The molecule has 0 aliphatic carbocycles. The first-order valence-electron chi connectivity index (χ1n) is 5.72. The third kappa shape index (κ3) is 5.31. The lowest BCUT2D eigenvalue weighted by molar-refractivity contribution is -0.119. The minimum atomic E-state index is -4.24. The van der Waals surface area contributed by atoms with Crippen LogP contribution in [0.4, 0.5) is 19.0 Å². The Labute approximate surface area is 104 Å². The van der Waals surface area contributed by atoms with Gasteiger partial charge in [-0.25, -0.2) is 4.98 Å². The summed E-state index contributed by atoms with van der Waals surface area (Å²) in [7, 11) is 1.34. The maximum Gasteiger partial charge on any atom is 0.405 e. The fourth-order valence-corrected chi connectivity index (χ4v) is 1.38. The van der Waals surface area contributed by atoms with Crippen LogP contribution < -0.4 is 10.2 Å². The van der Waals surface area contributed by atoms with E-state index >= 15 is 0 Å². The van der Waals surface area contributed by atoms with Gasteiger partial charge >= 0.3 is 6.18 Å². The maximum absolute atomic E-state index is 12.2. The van der Waals surface area contributed by atoms with E-state index in [1.54, 1.807) is 0 Å². The molecule has 0 atom stereocenters. The first-order valence-corrected chi connectivity index (χ1v) is 5.72. The molecule has 7 heteroatoms. The number of aromatic nitrogens is 2. The number of hydrogen-bond donors (Lipinski definition) is 1. The number of alkyl halides is 3. The quantitative estimate of drug-likeness (QED) is 0.796. The number of nitrogens with one attached hydrogen (secondary N) is 1. The van der Waals surface area contributed by atoms with Crippen molar-refractivity contribution in [1.82, 2.24) is 15.3 Å². The molecule has 0 radical (unpaired) electrons. The molecule has 0 saturated carbocycles. The molecule has 0 spiro atoms. The fourth-order valence-electron chi connectivity index (χ4n) is 1.38. The molecule has 0 amide bonds. The smallest absolute Gasteiger partial charge is 0.349 e. The predicted octanol–water partition coefficient (Wildman–Crippen LogP) is 1.97. The van der Waals surface area contributed by atoms with E-state index in [-0.39, 0.29) is 5.82 Å². The Morgan fingerprint density at radius 3 is 2.50 bits per heavy atom. The van der Waals surface area contributed by atoms with Gasteiger partial charge in [0.2, 0.25) is 0 Å². The zero-order valence-electron chi connectivity index (χ0n) is 10.5. The van der Waals surface area contributed by atoms with Crippen LogP contribution >= 0.6 is 0 Å². The molecule has 1 rings (SSSR count). The summed E-state index contributed by atoms with van der Waals surface area (Å²) in [6, 6.07) is 0. The van der Waals surface area contributed by atoms with Crippen molar-refractivity contribution in [3.05, 3.63) is 18.1 Å². The predicted molar refractivity (Wildman–Crippen MR) is 63.4 cm³/mol. The van der Waals surface area contributed by atoms with E-state index in [0.29, 0.717) is 12.2 Å². The zero-order valence-corrected chi connectivity index (χ0v) is 10.5. The second-order valence-corrected chi connectivity index (χ2v) is 4.01. The highest BCUT2D eigenvalue weighted by Crippen LogP contribution is 2.18. The Kier molecular flexibility index (Phi) is 5.33. The summed E-state index contributed by atoms with van der Waals surface area (Å²) < 4.78 is 36.5. The minimum Gasteiger partial charge on any atom is -0.349 e. The van der Waals surface area contributed by atoms with Crippen LogP contribution in [0.5, 0.6) is 0 Å². The van der Waals surface area contributed by atoms with E-state index in [1.165, 1.54) is 19.4 Å². The Bertz CT molecular complexity index is 350. The molecule has 1 N–H and O–H groups in total. The van der Waals surface area contributed by atoms with E-state index in [1.807, 2.05) is 6.92 Å². The molecule has 0 saturated heterocycles. The monoisotopic (exact) mass is 262 g/mol. The van der Waals surface area contributed by atoms with Crippen molar-refractivity contribution in [2.75, 3.05) is 25.0 Å². The molecule has 0 aliphatic rings. The summed E-state index contributed by atoms with van der Waals surface area (Å²) in [5.74, 6) is 0.214. The molecule has 1 aromatic rings. The molecule has 0 aromatic carbocycles. The second-order valence-electron chi connectivity index (χ2n) is 4.01. The van der Waals surface area contributed by atoms with Gasteiger partial charge in [-0.3, -0.25) is 4.98 Å². The van der Waals surface area contributed by atoms with E-state index in [9.17, 15) is 13.2 Å². The first-order chi connectivity index (χ1) is 8.42. The molecule has 1 heterocycles. The second kappa shape index (κ2) is 6.53. The van der Waals surface area contributed by atoms with E-state index < -0.39 is 12.7 Å². The van der Waals surface area contributed by atoms with Gasteiger partial charge in [0.05, 0.1) is 18.1 Å². The molecule has 0 aliphatic heterocycles. The standard InChI is InChI=1S/C11H17F3N4/c1-3-4-15-5-9-6-17-10(7-16-9)18(2)8-11(12,13)14/h6-7,15H,3-5,8H2,1-2H3. The largest absolute Gasteiger partial charge is 0.405 e. The van der Waals surface area contributed by atoms with Gasteiger partial charge in [-0.2, -0.15) is 13.2 Å². The highest BCUT2D eigenvalue weighted by Gasteiger charge is 2.29. The van der Waals surface area contributed by atoms with Crippen molar-refractivity contribution in [3.8, 4) is 0 Å². The van der Waals surface area contributed by atoms with E-state index in [0.717, 1.165) is 17.9 Å². The number of hydrogen-bond acceptors (Lipinski definition) is 4. The first kappa shape index (κ1) is 14.7. The van der Waals surface area contributed by atoms with Gasteiger partial charge in [-0.1, -0.05) is 6.92 Å². The fraction of sp³-hybridized carbons (Fsp3) is 0.636. The van der Waals surface area contributed by atoms with Crippen molar-refractivity contribution in [3.63, 3.8) is 0 Å². The summed E-state index contributed by atoms with van der Waals surface area (Å²) in [6.45, 7) is 2.46. The van der Waals surface area contributed by atoms with Crippen LogP contribution in [0, 0.1) is 0 Å². The number of halogens is 3. The molecule has 18 heavy (non-hydrogen) atoms. The summed E-state index contributed by atoms with van der Waals surface area (Å²) in [4.78, 5) is 9.06. The third-order valence-electron chi connectivity index (χ3n) is 2.23. The van der Waals surface area contributed by atoms with Crippen LogP contribution in [-0.2, 0) is 6.54 Å². The summed E-state index contributed by atoms with van der Waals surface area (Å²) in [5.41, 5.74) is 0.715. The van der Waals surface area contributed by atoms with E-state index in [4.69, 9.17) is 0 Å². The maximum atomic E-state index is 12.2. The van der Waals surface area contributed by atoms with Crippen LogP contribution in [-0.4, -0.2) is 36.3 Å². The van der Waals surface area contributed by atoms with Crippen LogP contribution in [0.3, 0.4) is 0 Å². The van der Waals surface area contributed by atoms with Gasteiger partial charge in [-0.05, 0) is 13.0 Å². The van der Waals surface area contributed by atoms with E-state index in [2.05, 4.69) is 15.3 Å². The van der Waals surface area contributed by atoms with Gasteiger partial charge < -0.3 is 10.2 Å². The number of rotatable bonds is 6. The molecule has 4 nitrogen and oxygen atoms in total. The average Bonchev–Trinajstić information content (AvgIpc) is 2.28. The van der Waals surface area contributed by atoms with Gasteiger partial charge in [0, 0.05) is 13.6 Å². The summed E-state index contributed by atoms with van der Waals surface area (Å²) in [6.07, 6.45) is -0.378. The van der Waals surface area contributed by atoms with Crippen LogP contribution in [0.2, 0.25) is 0 Å². The van der Waals surface area contributed by atoms with Gasteiger partial charge in [0.25, 0.3) is 0 Å². The molecular formula is C11H17F3N4. The highest BCUT2D eigenvalue weighted by molar-refractivity contribution is 5.34. The Morgan fingerprint density at radius 2 is 2.00 bits per heavy atom. The summed E-state index contributed by atoms with van der Waals surface area (Å²) in [5, 5.41) is 3.14. The lowest BCUT2D eigenvalue weighted by Crippen LogP contribution is -2.31. The molecule has 1 aromatic heterocycles. The van der Waals surface area contributed by atoms with Crippen molar-refractivity contribution >= 4 is 5.82 Å². The Balaban J connectivity index is 2.54. The molecule has 0 bridgehead atoms. The Morgan fingerprint density at radius 1 is 1.28 bits per heavy atom.